The highest BCUT2D eigenvalue weighted by molar-refractivity contribution is 5.78. The summed E-state index contributed by atoms with van der Waals surface area (Å²) >= 11 is 0. The number of primary amides is 1. The second-order valence-corrected chi connectivity index (χ2v) is 2.91. The van der Waals surface area contributed by atoms with Gasteiger partial charge in [0.25, 0.3) is 0 Å². The molecule has 3 nitrogen and oxygen atoms in total. The molecular weight excluding hydrogens is 130 g/mol. The summed E-state index contributed by atoms with van der Waals surface area (Å²) in [6.07, 6.45) is 1.51. The highest BCUT2D eigenvalue weighted by atomic mass is 16.5. The van der Waals surface area contributed by atoms with Gasteiger partial charge in [-0.2, -0.15) is 0 Å². The molecular formula is C7H13NO2. The van der Waals surface area contributed by atoms with Gasteiger partial charge in [-0.1, -0.05) is 6.92 Å². The van der Waals surface area contributed by atoms with Crippen molar-refractivity contribution in [3.8, 4) is 0 Å². The first kappa shape index (κ1) is 7.54. The molecule has 0 unspecified atom stereocenters. The van der Waals surface area contributed by atoms with E-state index in [0.29, 0.717) is 12.5 Å². The lowest BCUT2D eigenvalue weighted by molar-refractivity contribution is -0.133. The van der Waals surface area contributed by atoms with Crippen LogP contribution in [0.15, 0.2) is 0 Å². The number of carbonyl (C=O) groups excluding carboxylic acids is 1. The molecule has 58 valence electrons. The summed E-state index contributed by atoms with van der Waals surface area (Å²) in [6, 6.07) is 0. The Balaban J connectivity index is 2.33. The third kappa shape index (κ3) is 1.70. The van der Waals surface area contributed by atoms with Crippen LogP contribution in [0.2, 0.25) is 0 Å². The average molecular weight is 143 g/mol. The first-order valence-corrected chi connectivity index (χ1v) is 3.61. The molecule has 0 spiro atoms. The monoisotopic (exact) mass is 143 g/mol. The zero-order valence-corrected chi connectivity index (χ0v) is 6.17. The molecule has 0 saturated carbocycles. The van der Waals surface area contributed by atoms with Crippen molar-refractivity contribution in [2.45, 2.75) is 25.9 Å². The van der Waals surface area contributed by atoms with E-state index in [4.69, 9.17) is 10.5 Å². The third-order valence-corrected chi connectivity index (χ3v) is 1.82. The van der Waals surface area contributed by atoms with Crippen molar-refractivity contribution in [3.05, 3.63) is 0 Å². The number of nitrogens with two attached hydrogens (primary N) is 1. The maximum atomic E-state index is 10.6. The molecule has 2 atom stereocenters. The van der Waals surface area contributed by atoms with Crippen LogP contribution in [0.4, 0.5) is 0 Å². The second kappa shape index (κ2) is 3.01. The molecule has 1 saturated heterocycles. The van der Waals surface area contributed by atoms with Crippen molar-refractivity contribution >= 4 is 5.91 Å². The summed E-state index contributed by atoms with van der Waals surface area (Å²) in [5, 5.41) is 0. The van der Waals surface area contributed by atoms with E-state index < -0.39 is 0 Å². The van der Waals surface area contributed by atoms with E-state index in [1.54, 1.807) is 0 Å². The van der Waals surface area contributed by atoms with Crippen LogP contribution >= 0.6 is 0 Å². The fourth-order valence-electron chi connectivity index (χ4n) is 1.11. The zero-order chi connectivity index (χ0) is 7.56. The predicted octanol–water partition coefficient (Wildman–Crippen LogP) is 0.287. The van der Waals surface area contributed by atoms with Crippen molar-refractivity contribution in [3.63, 3.8) is 0 Å². The van der Waals surface area contributed by atoms with Gasteiger partial charge >= 0.3 is 0 Å². The Hall–Kier alpha value is -0.570. The van der Waals surface area contributed by atoms with Crippen LogP contribution in [0.1, 0.15) is 19.8 Å². The van der Waals surface area contributed by atoms with Gasteiger partial charge in [-0.05, 0) is 18.8 Å². The highest BCUT2D eigenvalue weighted by Gasteiger charge is 2.22. The molecule has 0 aromatic carbocycles. The van der Waals surface area contributed by atoms with Crippen LogP contribution in [0, 0.1) is 5.92 Å². The molecule has 0 aliphatic carbocycles. The van der Waals surface area contributed by atoms with Crippen molar-refractivity contribution < 1.29 is 9.53 Å². The average Bonchev–Trinajstić information content (AvgIpc) is 1.88. The van der Waals surface area contributed by atoms with Gasteiger partial charge in [0, 0.05) is 0 Å². The lowest BCUT2D eigenvalue weighted by atomic mass is 10.0. The predicted molar refractivity (Wildman–Crippen MR) is 37.3 cm³/mol. The van der Waals surface area contributed by atoms with E-state index in [1.165, 1.54) is 0 Å². The maximum Gasteiger partial charge on any atom is 0.246 e. The summed E-state index contributed by atoms with van der Waals surface area (Å²) < 4.78 is 5.18. The summed E-state index contributed by atoms with van der Waals surface area (Å²) in [5.74, 6) is 0.252. The van der Waals surface area contributed by atoms with E-state index in [1.807, 2.05) is 0 Å². The summed E-state index contributed by atoms with van der Waals surface area (Å²) in [7, 11) is 0. The van der Waals surface area contributed by atoms with E-state index >= 15 is 0 Å². The lowest BCUT2D eigenvalue weighted by Gasteiger charge is -2.24. The lowest BCUT2D eigenvalue weighted by Crippen LogP contribution is -2.36. The van der Waals surface area contributed by atoms with Crippen LogP contribution in [0.25, 0.3) is 0 Å². The molecule has 1 amide bonds. The van der Waals surface area contributed by atoms with E-state index in [0.717, 1.165) is 12.8 Å². The standard InChI is InChI=1S/C7H13NO2/c1-5-2-3-6(7(8)9)10-4-5/h5-6H,2-4H2,1H3,(H2,8,9)/t5-,6+/m1/s1. The van der Waals surface area contributed by atoms with Gasteiger partial charge in [0.05, 0.1) is 6.61 Å². The van der Waals surface area contributed by atoms with Crippen molar-refractivity contribution in [1.82, 2.24) is 0 Å². The Morgan fingerprint density at radius 2 is 2.30 bits per heavy atom. The number of ether oxygens (including phenoxy) is 1. The zero-order valence-electron chi connectivity index (χ0n) is 6.17. The normalized spacial score (nSPS) is 33.7. The molecule has 3 heteroatoms. The van der Waals surface area contributed by atoms with Gasteiger partial charge in [0.1, 0.15) is 6.10 Å². The highest BCUT2D eigenvalue weighted by Crippen LogP contribution is 2.17. The van der Waals surface area contributed by atoms with Gasteiger partial charge in [0.2, 0.25) is 5.91 Å². The number of hydrogen-bond acceptors (Lipinski definition) is 2. The fourth-order valence-corrected chi connectivity index (χ4v) is 1.11. The molecule has 1 heterocycles. The smallest absolute Gasteiger partial charge is 0.246 e. The van der Waals surface area contributed by atoms with Crippen molar-refractivity contribution in [1.29, 1.82) is 0 Å². The third-order valence-electron chi connectivity index (χ3n) is 1.82. The van der Waals surface area contributed by atoms with Crippen LogP contribution in [0.5, 0.6) is 0 Å². The Kier molecular flexibility index (Phi) is 2.27. The Bertz CT molecular complexity index is 128. The Morgan fingerprint density at radius 3 is 2.70 bits per heavy atom. The van der Waals surface area contributed by atoms with Gasteiger partial charge < -0.3 is 10.5 Å². The number of rotatable bonds is 1. The van der Waals surface area contributed by atoms with Gasteiger partial charge in [-0.15, -0.1) is 0 Å². The summed E-state index contributed by atoms with van der Waals surface area (Å²) in [5.41, 5.74) is 5.05. The number of amides is 1. The van der Waals surface area contributed by atoms with Crippen molar-refractivity contribution in [2.24, 2.45) is 11.7 Å². The molecule has 10 heavy (non-hydrogen) atoms. The number of carbonyl (C=O) groups is 1. The minimum absolute atomic E-state index is 0.323. The molecule has 0 aromatic heterocycles. The maximum absolute atomic E-state index is 10.6. The second-order valence-electron chi connectivity index (χ2n) is 2.91. The quantitative estimate of drug-likeness (QED) is 0.573. The van der Waals surface area contributed by atoms with E-state index in [-0.39, 0.29) is 12.0 Å². The Labute approximate surface area is 60.5 Å². The van der Waals surface area contributed by atoms with Gasteiger partial charge in [0.15, 0.2) is 0 Å². The minimum Gasteiger partial charge on any atom is -0.368 e. The summed E-state index contributed by atoms with van der Waals surface area (Å²) in [6.45, 7) is 2.78. The van der Waals surface area contributed by atoms with Crippen LogP contribution < -0.4 is 5.73 Å². The Morgan fingerprint density at radius 1 is 1.60 bits per heavy atom. The van der Waals surface area contributed by atoms with Crippen LogP contribution in [-0.4, -0.2) is 18.6 Å². The van der Waals surface area contributed by atoms with E-state index in [2.05, 4.69) is 6.92 Å². The largest absolute Gasteiger partial charge is 0.368 e. The summed E-state index contributed by atoms with van der Waals surface area (Å²) in [4.78, 5) is 10.6. The minimum atomic E-state index is -0.327. The molecule has 1 fully saturated rings. The molecule has 1 rings (SSSR count). The molecule has 0 aromatic rings. The molecule has 0 bridgehead atoms. The first-order valence-electron chi connectivity index (χ1n) is 3.61. The van der Waals surface area contributed by atoms with E-state index in [9.17, 15) is 4.79 Å². The van der Waals surface area contributed by atoms with Gasteiger partial charge in [-0.25, -0.2) is 0 Å². The van der Waals surface area contributed by atoms with Gasteiger partial charge in [-0.3, -0.25) is 4.79 Å². The number of hydrogen-bond donors (Lipinski definition) is 1. The van der Waals surface area contributed by atoms with Crippen LogP contribution in [-0.2, 0) is 9.53 Å². The topological polar surface area (TPSA) is 52.3 Å². The fraction of sp³-hybridized carbons (Fsp3) is 0.857. The molecule has 1 aliphatic heterocycles. The molecule has 1 aliphatic rings. The first-order chi connectivity index (χ1) is 4.70. The van der Waals surface area contributed by atoms with Crippen LogP contribution in [0.3, 0.4) is 0 Å². The molecule has 2 N–H and O–H groups in total. The molecule has 0 radical (unpaired) electrons. The van der Waals surface area contributed by atoms with Crippen molar-refractivity contribution in [2.75, 3.05) is 6.61 Å². The SMILES string of the molecule is C[C@@H]1CC[C@@H](C(N)=O)OC1.